The molecule has 0 bridgehead atoms. The van der Waals surface area contributed by atoms with Gasteiger partial charge in [-0.1, -0.05) is 13.3 Å². The average molecular weight is 335 g/mol. The topological polar surface area (TPSA) is 132 Å². The Morgan fingerprint density at radius 1 is 1.09 bits per heavy atom. The number of unbranched alkanes of at least 4 members (excludes halogenated alkanes) is 1. The van der Waals surface area contributed by atoms with Gasteiger partial charge in [0, 0.05) is 32.1 Å². The molecular formula is C13H29N3O5Si. The van der Waals surface area contributed by atoms with Crippen LogP contribution < -0.4 is 17.4 Å². The van der Waals surface area contributed by atoms with Gasteiger partial charge in [0.25, 0.3) is 0 Å². The van der Waals surface area contributed by atoms with E-state index in [9.17, 15) is 4.79 Å². The van der Waals surface area contributed by atoms with Gasteiger partial charge in [0.1, 0.15) is 0 Å². The van der Waals surface area contributed by atoms with Crippen molar-refractivity contribution in [2.45, 2.75) is 45.2 Å². The van der Waals surface area contributed by atoms with E-state index in [4.69, 9.17) is 30.6 Å². The van der Waals surface area contributed by atoms with Crippen LogP contribution in [0, 0.1) is 0 Å². The Bertz CT molecular complexity index is 364. The summed E-state index contributed by atoms with van der Waals surface area (Å²) in [7, 11) is 1.24. The Morgan fingerprint density at radius 3 is 2.00 bits per heavy atom. The Balaban J connectivity index is 5.89. The van der Waals surface area contributed by atoms with Crippen LogP contribution in [0.3, 0.4) is 0 Å². The lowest BCUT2D eigenvalue weighted by atomic mass is 10.1. The van der Waals surface area contributed by atoms with Crippen molar-refractivity contribution in [3.05, 3.63) is 10.8 Å². The molecule has 0 unspecified atom stereocenters. The van der Waals surface area contributed by atoms with E-state index < -0.39 is 20.9 Å². The lowest BCUT2D eigenvalue weighted by Gasteiger charge is -2.29. The highest BCUT2D eigenvalue weighted by Gasteiger charge is 2.45. The van der Waals surface area contributed by atoms with Crippen molar-refractivity contribution in [3.63, 3.8) is 0 Å². The van der Waals surface area contributed by atoms with Gasteiger partial charge in [-0.2, -0.15) is 5.90 Å². The van der Waals surface area contributed by atoms with E-state index >= 15 is 0 Å². The van der Waals surface area contributed by atoms with Crippen LogP contribution in [0.1, 0.15) is 39.0 Å². The Labute approximate surface area is 133 Å². The molecule has 0 radical (unpaired) electrons. The van der Waals surface area contributed by atoms with Gasteiger partial charge in [-0.15, -0.1) is 0 Å². The fourth-order valence-electron chi connectivity index (χ4n) is 2.22. The van der Waals surface area contributed by atoms with Crippen LogP contribution in [0.15, 0.2) is 10.8 Å². The zero-order valence-electron chi connectivity index (χ0n) is 13.9. The zero-order chi connectivity index (χ0) is 17.2. The fraction of sp³-hybridized carbons (Fsp3) is 0.769. The van der Waals surface area contributed by atoms with E-state index in [1.54, 1.807) is 0 Å². The fourth-order valence-corrected chi connectivity index (χ4v) is 4.51. The smallest absolute Gasteiger partial charge is 0.374 e. The van der Waals surface area contributed by atoms with Crippen molar-refractivity contribution in [2.24, 2.45) is 17.4 Å². The maximum Gasteiger partial charge on any atom is 0.532 e. The predicted octanol–water partition coefficient (Wildman–Crippen LogP) is 0.331. The van der Waals surface area contributed by atoms with Gasteiger partial charge >= 0.3 is 14.8 Å². The summed E-state index contributed by atoms with van der Waals surface area (Å²) in [6, 6.07) is 0. The monoisotopic (exact) mass is 335 g/mol. The van der Waals surface area contributed by atoms with Gasteiger partial charge in [-0.25, -0.2) is 4.79 Å². The molecule has 0 heterocycles. The molecule has 0 saturated carbocycles. The van der Waals surface area contributed by atoms with Gasteiger partial charge < -0.3 is 29.6 Å². The van der Waals surface area contributed by atoms with Crippen LogP contribution >= 0.6 is 0 Å². The first kappa shape index (κ1) is 21.2. The van der Waals surface area contributed by atoms with E-state index in [1.807, 2.05) is 6.92 Å². The highest BCUT2D eigenvalue weighted by atomic mass is 28.4. The van der Waals surface area contributed by atoms with Gasteiger partial charge in [-0.05, 0) is 25.7 Å². The van der Waals surface area contributed by atoms with Crippen LogP contribution in [0.4, 0.5) is 0 Å². The maximum absolute atomic E-state index is 12.1. The quantitative estimate of drug-likeness (QED) is 0.213. The summed E-state index contributed by atoms with van der Waals surface area (Å²) in [5.74, 6) is 4.45. The highest BCUT2D eigenvalue weighted by Crippen LogP contribution is 2.29. The molecule has 0 saturated heterocycles. The number of hydrogen-bond acceptors (Lipinski definition) is 8. The second-order valence-electron chi connectivity index (χ2n) is 4.84. The molecule has 0 aromatic heterocycles. The summed E-state index contributed by atoms with van der Waals surface area (Å²) in [5, 5.41) is 0.616. The zero-order valence-corrected chi connectivity index (χ0v) is 14.9. The number of carbonyl (C=O) groups is 1. The first-order valence-electron chi connectivity index (χ1n) is 7.22. The third-order valence-electron chi connectivity index (χ3n) is 3.40. The molecule has 6 N–H and O–H groups in total. The molecule has 0 atom stereocenters. The van der Waals surface area contributed by atoms with Gasteiger partial charge in [0.2, 0.25) is 0 Å². The largest absolute Gasteiger partial charge is 0.532 e. The minimum absolute atomic E-state index is 0.410. The molecular weight excluding hydrogens is 306 g/mol. The number of hydrogen-bond donors (Lipinski definition) is 3. The first-order valence-corrected chi connectivity index (χ1v) is 8.94. The molecule has 0 aliphatic heterocycles. The van der Waals surface area contributed by atoms with E-state index in [2.05, 4.69) is 4.84 Å². The normalized spacial score (nSPS) is 13.3. The van der Waals surface area contributed by atoms with Crippen LogP contribution in [-0.2, 0) is 22.9 Å². The number of carbonyl (C=O) groups excluding carboxylic acids is 1. The lowest BCUT2D eigenvalue weighted by Crippen LogP contribution is -2.47. The van der Waals surface area contributed by atoms with Crippen LogP contribution in [0.2, 0.25) is 0 Å². The van der Waals surface area contributed by atoms with Crippen molar-refractivity contribution in [1.29, 1.82) is 0 Å². The van der Waals surface area contributed by atoms with Crippen LogP contribution in [-0.4, -0.2) is 42.3 Å². The summed E-state index contributed by atoms with van der Waals surface area (Å²) in [6.45, 7) is 2.02. The molecule has 0 aliphatic rings. The summed E-state index contributed by atoms with van der Waals surface area (Å²) in [4.78, 5) is 16.5. The van der Waals surface area contributed by atoms with Crippen molar-refractivity contribution in [1.82, 2.24) is 0 Å². The Hall–Kier alpha value is -0.813. The highest BCUT2D eigenvalue weighted by molar-refractivity contribution is 6.69. The summed E-state index contributed by atoms with van der Waals surface area (Å²) < 4.78 is 16.5. The first-order chi connectivity index (χ1) is 10.4. The molecule has 8 nitrogen and oxygen atoms in total. The Morgan fingerprint density at radius 2 is 1.64 bits per heavy atom. The molecule has 0 aliphatic carbocycles. The standard InChI is InChI=1S/C13H29N3O5Si/c1-5-6-7-10(13(17)21-16)11(8-9-12(14)15)22(18-2,19-3)20-4/h12H,5-9,14-16H2,1-4H3. The molecule has 130 valence electrons. The van der Waals surface area contributed by atoms with Crippen molar-refractivity contribution in [3.8, 4) is 0 Å². The lowest BCUT2D eigenvalue weighted by molar-refractivity contribution is -0.139. The molecule has 22 heavy (non-hydrogen) atoms. The Kier molecular flexibility index (Phi) is 10.4. The van der Waals surface area contributed by atoms with Crippen molar-refractivity contribution in [2.75, 3.05) is 21.3 Å². The van der Waals surface area contributed by atoms with E-state index in [0.29, 0.717) is 30.0 Å². The summed E-state index contributed by atoms with van der Waals surface area (Å²) in [6.07, 6.45) is 2.54. The molecule has 0 aromatic carbocycles. The number of allylic oxidation sites excluding steroid dienone is 1. The molecule has 9 heteroatoms. The maximum atomic E-state index is 12.1. The minimum atomic E-state index is -3.19. The second-order valence-corrected chi connectivity index (χ2v) is 7.78. The second kappa shape index (κ2) is 10.8. The molecule has 0 aromatic rings. The number of rotatable bonds is 11. The predicted molar refractivity (Wildman–Crippen MR) is 85.0 cm³/mol. The van der Waals surface area contributed by atoms with Gasteiger partial charge in [0.15, 0.2) is 0 Å². The van der Waals surface area contributed by atoms with Gasteiger partial charge in [0.05, 0.1) is 6.17 Å². The van der Waals surface area contributed by atoms with E-state index in [1.165, 1.54) is 21.3 Å². The third-order valence-corrected chi connectivity index (χ3v) is 6.30. The average Bonchev–Trinajstić information content (AvgIpc) is 2.53. The summed E-state index contributed by atoms with van der Waals surface area (Å²) in [5.41, 5.74) is 11.7. The van der Waals surface area contributed by atoms with Gasteiger partial charge in [-0.3, -0.25) is 0 Å². The number of nitrogens with two attached hydrogens (primary N) is 3. The molecule has 0 spiro atoms. The molecule has 0 fully saturated rings. The van der Waals surface area contributed by atoms with Crippen molar-refractivity contribution >= 4 is 14.8 Å². The minimum Gasteiger partial charge on any atom is -0.374 e. The van der Waals surface area contributed by atoms with Crippen molar-refractivity contribution < 1.29 is 22.9 Å². The molecule has 0 amide bonds. The summed E-state index contributed by atoms with van der Waals surface area (Å²) >= 11 is 0. The SMILES string of the molecule is CCCCC(C(=O)ON)=C(CCC(N)N)[Si](OC)(OC)OC. The molecule has 0 rings (SSSR count). The van der Waals surface area contributed by atoms with Crippen LogP contribution in [0.5, 0.6) is 0 Å². The van der Waals surface area contributed by atoms with E-state index in [-0.39, 0.29) is 0 Å². The van der Waals surface area contributed by atoms with E-state index in [0.717, 1.165) is 12.8 Å². The van der Waals surface area contributed by atoms with Crippen LogP contribution in [0.25, 0.3) is 0 Å². The third kappa shape index (κ3) is 5.76.